The molecule has 3 rings (SSSR count). The van der Waals surface area contributed by atoms with E-state index in [0.29, 0.717) is 19.3 Å². The van der Waals surface area contributed by atoms with Crippen molar-refractivity contribution < 1.29 is 37.4 Å². The van der Waals surface area contributed by atoms with Crippen LogP contribution in [0.25, 0.3) is 0 Å². The first-order valence-electron chi connectivity index (χ1n) is 15.3. The molecule has 13 heteroatoms. The highest BCUT2D eigenvalue weighted by Gasteiger charge is 2.61. The largest absolute Gasteiger partial charge is 0.444 e. The molecule has 0 saturated heterocycles. The van der Waals surface area contributed by atoms with Gasteiger partial charge in [0.25, 0.3) is 5.91 Å². The Kier molecular flexibility index (Phi) is 11.1. The van der Waals surface area contributed by atoms with E-state index in [1.807, 2.05) is 30.3 Å². The molecule has 2 fully saturated rings. The van der Waals surface area contributed by atoms with Crippen molar-refractivity contribution in [2.75, 3.05) is 13.2 Å². The maximum absolute atomic E-state index is 14.4. The number of carbonyl (C=O) groups is 4. The van der Waals surface area contributed by atoms with Crippen molar-refractivity contribution in [1.29, 1.82) is 0 Å². The maximum atomic E-state index is 14.4. The van der Waals surface area contributed by atoms with Gasteiger partial charge in [-0.15, -0.1) is 6.58 Å². The molecule has 0 radical (unpaired) electrons. The standard InChI is InChI=1S/C32H48N4O8S/c1-8-22-20-32(22,28(40)35-45(42,43)23-14-15-23)34-26(38)24(17-19-37)36(18-16-21-12-10-9-11-13-21)27(39)25(30(2,3)4)33-29(41)44-31(5,6)7/h8-13,22-25,37H,1,14-20H2,2-7H3,(H,33,41)(H,34,38)(H,35,40)/t22?,24-,25?,32+/m0/s1. The fraction of sp³-hybridized carbons (Fsp3) is 0.625. The van der Waals surface area contributed by atoms with E-state index in [1.54, 1.807) is 41.5 Å². The second kappa shape index (κ2) is 13.9. The third-order valence-corrected chi connectivity index (χ3v) is 9.69. The van der Waals surface area contributed by atoms with E-state index in [4.69, 9.17) is 4.74 Å². The van der Waals surface area contributed by atoms with Gasteiger partial charge in [-0.3, -0.25) is 19.1 Å². The molecule has 4 atom stereocenters. The highest BCUT2D eigenvalue weighted by atomic mass is 32.2. The zero-order valence-corrected chi connectivity index (χ0v) is 27.9. The van der Waals surface area contributed by atoms with Gasteiger partial charge in [0.2, 0.25) is 21.8 Å². The van der Waals surface area contributed by atoms with Crippen LogP contribution in [0.2, 0.25) is 0 Å². The Morgan fingerprint density at radius 2 is 1.73 bits per heavy atom. The number of nitrogens with zero attached hydrogens (tertiary/aromatic N) is 1. The molecule has 45 heavy (non-hydrogen) atoms. The molecule has 2 aliphatic rings. The summed E-state index contributed by atoms with van der Waals surface area (Å²) in [5.41, 5.74) is -2.32. The van der Waals surface area contributed by atoms with Crippen LogP contribution < -0.4 is 15.4 Å². The number of ether oxygens (including phenoxy) is 1. The molecule has 0 aromatic heterocycles. The minimum atomic E-state index is -3.89. The fourth-order valence-corrected chi connectivity index (χ4v) is 6.49. The lowest BCUT2D eigenvalue weighted by Gasteiger charge is -2.39. The molecular formula is C32H48N4O8S. The average molecular weight is 649 g/mol. The number of aliphatic hydroxyl groups is 1. The van der Waals surface area contributed by atoms with Crippen LogP contribution in [0.15, 0.2) is 43.0 Å². The zero-order chi connectivity index (χ0) is 33.8. The predicted octanol–water partition coefficient (Wildman–Crippen LogP) is 2.42. The van der Waals surface area contributed by atoms with Gasteiger partial charge in [-0.1, -0.05) is 57.2 Å². The Balaban J connectivity index is 1.95. The Hall–Kier alpha value is -3.45. The minimum absolute atomic E-state index is 0.0453. The summed E-state index contributed by atoms with van der Waals surface area (Å²) in [4.78, 5) is 55.8. The second-order valence-corrected chi connectivity index (χ2v) is 15.9. The van der Waals surface area contributed by atoms with Crippen LogP contribution in [-0.2, 0) is 35.6 Å². The number of aliphatic hydroxyl groups excluding tert-OH is 1. The van der Waals surface area contributed by atoms with E-state index in [2.05, 4.69) is 21.9 Å². The van der Waals surface area contributed by atoms with Gasteiger partial charge in [-0.2, -0.15) is 0 Å². The summed E-state index contributed by atoms with van der Waals surface area (Å²) in [5, 5.41) is 14.8. The smallest absolute Gasteiger partial charge is 0.408 e. The molecule has 0 spiro atoms. The topological polar surface area (TPSA) is 171 Å². The Morgan fingerprint density at radius 1 is 1.11 bits per heavy atom. The van der Waals surface area contributed by atoms with E-state index >= 15 is 0 Å². The van der Waals surface area contributed by atoms with Crippen molar-refractivity contribution in [1.82, 2.24) is 20.3 Å². The van der Waals surface area contributed by atoms with Gasteiger partial charge >= 0.3 is 6.09 Å². The van der Waals surface area contributed by atoms with Crippen molar-refractivity contribution in [3.05, 3.63) is 48.6 Å². The third-order valence-electron chi connectivity index (χ3n) is 7.87. The lowest BCUT2D eigenvalue weighted by molar-refractivity contribution is -0.145. The molecule has 0 aliphatic heterocycles. The van der Waals surface area contributed by atoms with Gasteiger partial charge in [0.05, 0.1) is 5.25 Å². The lowest BCUT2D eigenvalue weighted by atomic mass is 9.85. The zero-order valence-electron chi connectivity index (χ0n) is 27.1. The Bertz CT molecular complexity index is 1370. The van der Waals surface area contributed by atoms with Gasteiger partial charge in [0, 0.05) is 19.1 Å². The number of benzene rings is 1. The minimum Gasteiger partial charge on any atom is -0.444 e. The van der Waals surface area contributed by atoms with E-state index in [0.717, 1.165) is 5.56 Å². The van der Waals surface area contributed by atoms with Crippen molar-refractivity contribution in [3.8, 4) is 0 Å². The first kappa shape index (κ1) is 36.0. The number of hydrogen-bond donors (Lipinski definition) is 4. The summed E-state index contributed by atoms with van der Waals surface area (Å²) in [7, 11) is -3.89. The molecule has 4 N–H and O–H groups in total. The SMILES string of the molecule is C=CC1C[C@]1(NC(=O)[C@H](CCO)N(CCc1ccccc1)C(=O)C(NC(=O)OC(C)(C)C)C(C)(C)C)C(=O)NS(=O)(=O)C1CC1. The number of carbonyl (C=O) groups excluding carboxylic acids is 4. The number of sulfonamides is 1. The van der Waals surface area contributed by atoms with E-state index in [9.17, 15) is 32.7 Å². The van der Waals surface area contributed by atoms with Gasteiger partial charge in [0.15, 0.2) is 0 Å². The summed E-state index contributed by atoms with van der Waals surface area (Å²) >= 11 is 0. The van der Waals surface area contributed by atoms with E-state index < -0.39 is 80.3 Å². The molecule has 1 aromatic rings. The molecule has 2 unspecified atom stereocenters. The molecule has 0 bridgehead atoms. The number of amides is 4. The highest BCUT2D eigenvalue weighted by molar-refractivity contribution is 7.91. The predicted molar refractivity (Wildman–Crippen MR) is 169 cm³/mol. The number of nitrogens with one attached hydrogen (secondary N) is 3. The number of hydrogen-bond acceptors (Lipinski definition) is 8. The fourth-order valence-electron chi connectivity index (χ4n) is 5.12. The molecule has 12 nitrogen and oxygen atoms in total. The normalized spacial score (nSPS) is 21.1. The van der Waals surface area contributed by atoms with E-state index in [-0.39, 0.29) is 19.4 Å². The van der Waals surface area contributed by atoms with Gasteiger partial charge in [0.1, 0.15) is 23.2 Å². The molecule has 4 amide bonds. The Morgan fingerprint density at radius 3 is 2.22 bits per heavy atom. The summed E-state index contributed by atoms with van der Waals surface area (Å²) in [6, 6.07) is 6.93. The monoisotopic (exact) mass is 648 g/mol. The van der Waals surface area contributed by atoms with Crippen LogP contribution in [-0.4, -0.2) is 83.9 Å². The van der Waals surface area contributed by atoms with Crippen LogP contribution in [0.3, 0.4) is 0 Å². The second-order valence-electron chi connectivity index (χ2n) is 13.9. The molecule has 1 aromatic carbocycles. The van der Waals surface area contributed by atoms with Crippen LogP contribution >= 0.6 is 0 Å². The summed E-state index contributed by atoms with van der Waals surface area (Å²) < 4.78 is 32.6. The maximum Gasteiger partial charge on any atom is 0.408 e. The molecular weight excluding hydrogens is 600 g/mol. The van der Waals surface area contributed by atoms with Crippen molar-refractivity contribution in [2.24, 2.45) is 11.3 Å². The van der Waals surface area contributed by atoms with Crippen molar-refractivity contribution >= 4 is 33.8 Å². The number of rotatable bonds is 14. The van der Waals surface area contributed by atoms with Crippen LogP contribution in [0.1, 0.15) is 72.8 Å². The van der Waals surface area contributed by atoms with Crippen molar-refractivity contribution in [3.63, 3.8) is 0 Å². The summed E-state index contributed by atoms with van der Waals surface area (Å²) in [6.45, 7) is 13.7. The van der Waals surface area contributed by atoms with Crippen molar-refractivity contribution in [2.45, 2.75) is 102 Å². The first-order chi connectivity index (χ1) is 20.8. The number of alkyl carbamates (subject to hydrolysis) is 1. The molecule has 250 valence electrons. The molecule has 0 heterocycles. The third kappa shape index (κ3) is 9.52. The summed E-state index contributed by atoms with van der Waals surface area (Å²) in [5.74, 6) is -2.71. The summed E-state index contributed by atoms with van der Waals surface area (Å²) in [6.07, 6.45) is 1.89. The molecule has 2 saturated carbocycles. The first-order valence-corrected chi connectivity index (χ1v) is 16.8. The van der Waals surface area contributed by atoms with Gasteiger partial charge in [-0.05, 0) is 63.9 Å². The van der Waals surface area contributed by atoms with Crippen LogP contribution in [0.5, 0.6) is 0 Å². The quantitative estimate of drug-likeness (QED) is 0.223. The Labute approximate surface area is 266 Å². The van der Waals surface area contributed by atoms with Gasteiger partial charge < -0.3 is 25.4 Å². The van der Waals surface area contributed by atoms with E-state index in [1.165, 1.54) is 11.0 Å². The average Bonchev–Trinajstić information content (AvgIpc) is 3.85. The van der Waals surface area contributed by atoms with Gasteiger partial charge in [-0.25, -0.2) is 13.2 Å². The highest BCUT2D eigenvalue weighted by Crippen LogP contribution is 2.45. The lowest BCUT2D eigenvalue weighted by Crippen LogP contribution is -2.62. The van der Waals surface area contributed by atoms with Crippen LogP contribution in [0.4, 0.5) is 4.79 Å². The van der Waals surface area contributed by atoms with Crippen LogP contribution in [0, 0.1) is 11.3 Å². The molecule has 2 aliphatic carbocycles.